The molecule has 3 N–H and O–H groups in total. The number of carbonyl (C=O) groups is 3. The summed E-state index contributed by atoms with van der Waals surface area (Å²) in [5.74, 6) is -1.33. The van der Waals surface area contributed by atoms with Gasteiger partial charge in [-0.15, -0.1) is 0 Å². The van der Waals surface area contributed by atoms with Crippen LogP contribution in [0.4, 0.5) is 10.5 Å². The van der Waals surface area contributed by atoms with Crippen molar-refractivity contribution in [1.29, 1.82) is 0 Å². The van der Waals surface area contributed by atoms with Gasteiger partial charge in [0, 0.05) is 40.3 Å². The molecule has 210 valence electrons. The predicted octanol–water partition coefficient (Wildman–Crippen LogP) is 7.42. The summed E-state index contributed by atoms with van der Waals surface area (Å²) in [4.78, 5) is 38.5. The number of hydrogen-bond acceptors (Lipinski definition) is 3. The Bertz CT molecular complexity index is 1600. The number of benzene rings is 4. The zero-order chi connectivity index (χ0) is 29.1. The maximum Gasteiger partial charge on any atom is 0.322 e. The number of urea groups is 1. The second-order valence-corrected chi connectivity index (χ2v) is 11.2. The van der Waals surface area contributed by atoms with Gasteiger partial charge in [-0.3, -0.25) is 9.59 Å². The Hall–Kier alpha value is -4.07. The van der Waals surface area contributed by atoms with Crippen LogP contribution >= 0.6 is 23.2 Å². The number of anilines is 1. The van der Waals surface area contributed by atoms with Gasteiger partial charge in [-0.2, -0.15) is 0 Å². The van der Waals surface area contributed by atoms with Crippen molar-refractivity contribution in [1.82, 2.24) is 10.2 Å². The maximum atomic E-state index is 13.7. The molecule has 1 heterocycles. The van der Waals surface area contributed by atoms with Crippen molar-refractivity contribution in [2.24, 2.45) is 0 Å². The molecule has 2 atom stereocenters. The van der Waals surface area contributed by atoms with Crippen LogP contribution in [0.2, 0.25) is 10.0 Å². The third kappa shape index (κ3) is 6.81. The second-order valence-electron chi connectivity index (χ2n) is 10.3. The van der Waals surface area contributed by atoms with Crippen LogP contribution in [0.5, 0.6) is 0 Å². The minimum atomic E-state index is -0.983. The summed E-state index contributed by atoms with van der Waals surface area (Å²) in [7, 11) is 0. The number of hydrogen-bond donors (Lipinski definition) is 3. The largest absolute Gasteiger partial charge is 0.481 e. The molecule has 0 saturated carbocycles. The lowest BCUT2D eigenvalue weighted by Gasteiger charge is -2.25. The van der Waals surface area contributed by atoms with Gasteiger partial charge in [0.1, 0.15) is 0 Å². The molecule has 1 aliphatic heterocycles. The SMILES string of the molecule is Cc1ccc2cc([C@H]3C[C@@H](c4cc(Cl)cc(Cl)c4)CN3C(=O)Nc3ccc(C(=O)NCCC(=O)O)cc3)ccc2c1. The molecular weight excluding hydrogens is 561 g/mol. The maximum absolute atomic E-state index is 13.7. The number of amides is 3. The van der Waals surface area contributed by atoms with Crippen molar-refractivity contribution in [3.63, 3.8) is 0 Å². The number of carboxylic acid groups (broad SMARTS) is 1. The first-order valence-electron chi connectivity index (χ1n) is 13.3. The summed E-state index contributed by atoms with van der Waals surface area (Å²) < 4.78 is 0. The number of nitrogens with one attached hydrogen (secondary N) is 2. The van der Waals surface area contributed by atoms with Gasteiger partial charge in [-0.1, -0.05) is 59.1 Å². The lowest BCUT2D eigenvalue weighted by atomic mass is 9.93. The molecular formula is C32H29Cl2N3O4. The van der Waals surface area contributed by atoms with Gasteiger partial charge in [0.2, 0.25) is 0 Å². The number of likely N-dealkylation sites (tertiary alicyclic amines) is 1. The number of aryl methyl sites for hydroxylation is 1. The van der Waals surface area contributed by atoms with E-state index in [1.807, 2.05) is 17.0 Å². The first-order chi connectivity index (χ1) is 19.7. The number of nitrogens with zero attached hydrogens (tertiary/aromatic N) is 1. The van der Waals surface area contributed by atoms with Crippen molar-refractivity contribution in [3.8, 4) is 0 Å². The van der Waals surface area contributed by atoms with E-state index in [9.17, 15) is 14.4 Å². The summed E-state index contributed by atoms with van der Waals surface area (Å²) in [6, 6.07) is 24.2. The number of halogens is 2. The van der Waals surface area contributed by atoms with Gasteiger partial charge >= 0.3 is 12.0 Å². The third-order valence-electron chi connectivity index (χ3n) is 7.35. The first kappa shape index (κ1) is 28.5. The second kappa shape index (κ2) is 12.2. The molecule has 0 spiro atoms. The smallest absolute Gasteiger partial charge is 0.322 e. The topological polar surface area (TPSA) is 98.7 Å². The van der Waals surface area contributed by atoms with E-state index in [1.165, 1.54) is 5.56 Å². The molecule has 1 fully saturated rings. The molecule has 5 rings (SSSR count). The van der Waals surface area contributed by atoms with Gasteiger partial charge < -0.3 is 20.6 Å². The minimum Gasteiger partial charge on any atom is -0.481 e. The molecule has 0 unspecified atom stereocenters. The molecule has 0 radical (unpaired) electrons. The third-order valence-corrected chi connectivity index (χ3v) is 7.78. The average molecular weight is 591 g/mol. The van der Waals surface area contributed by atoms with E-state index in [0.29, 0.717) is 34.3 Å². The van der Waals surface area contributed by atoms with E-state index in [0.717, 1.165) is 21.9 Å². The molecule has 0 bridgehead atoms. The van der Waals surface area contributed by atoms with Gasteiger partial charge in [0.25, 0.3) is 5.91 Å². The van der Waals surface area contributed by atoms with Crippen LogP contribution < -0.4 is 10.6 Å². The fourth-order valence-corrected chi connectivity index (χ4v) is 5.85. The first-order valence-corrected chi connectivity index (χ1v) is 14.1. The van der Waals surface area contributed by atoms with E-state index < -0.39 is 5.97 Å². The molecule has 0 aliphatic carbocycles. The van der Waals surface area contributed by atoms with Gasteiger partial charge in [-0.25, -0.2) is 4.79 Å². The van der Waals surface area contributed by atoms with Crippen LogP contribution in [-0.2, 0) is 4.79 Å². The zero-order valence-corrected chi connectivity index (χ0v) is 23.9. The van der Waals surface area contributed by atoms with Gasteiger partial charge in [0.15, 0.2) is 0 Å². The van der Waals surface area contributed by atoms with E-state index >= 15 is 0 Å². The Morgan fingerprint density at radius 3 is 2.27 bits per heavy atom. The van der Waals surface area contributed by atoms with Crippen LogP contribution in [-0.4, -0.2) is 41.0 Å². The number of rotatable bonds is 7. The Labute approximate surface area is 248 Å². The summed E-state index contributed by atoms with van der Waals surface area (Å²) in [6.07, 6.45) is 0.549. The Balaban J connectivity index is 1.37. The Morgan fingerprint density at radius 2 is 1.56 bits per heavy atom. The summed E-state index contributed by atoms with van der Waals surface area (Å²) >= 11 is 12.6. The highest BCUT2D eigenvalue weighted by Gasteiger charge is 2.37. The molecule has 9 heteroatoms. The van der Waals surface area contributed by atoms with Crippen molar-refractivity contribution >= 4 is 57.6 Å². The summed E-state index contributed by atoms with van der Waals surface area (Å²) in [5, 5.41) is 17.7. The van der Waals surface area contributed by atoms with Crippen molar-refractivity contribution in [2.45, 2.75) is 31.7 Å². The lowest BCUT2D eigenvalue weighted by molar-refractivity contribution is -0.136. The molecule has 4 aromatic rings. The molecule has 1 aliphatic rings. The standard InChI is InChI=1S/C32H29Cl2N3O4/c1-19-2-3-22-13-23(5-4-21(22)12-19)29-16-25(24-14-26(33)17-27(34)15-24)18-37(29)32(41)36-28-8-6-20(7-9-28)31(40)35-11-10-30(38)39/h2-9,12-15,17,25,29H,10-11,16,18H2,1H3,(H,35,40)(H,36,41)(H,38,39)/t25-,29-/m1/s1. The Kier molecular flexibility index (Phi) is 8.47. The number of aliphatic carboxylic acids is 1. The average Bonchev–Trinajstić information content (AvgIpc) is 3.38. The number of fused-ring (bicyclic) bond motifs is 1. The van der Waals surface area contributed by atoms with Crippen molar-refractivity contribution in [2.75, 3.05) is 18.4 Å². The van der Waals surface area contributed by atoms with E-state index in [4.69, 9.17) is 28.3 Å². The van der Waals surface area contributed by atoms with Crippen LogP contribution in [0.25, 0.3) is 10.8 Å². The van der Waals surface area contributed by atoms with Gasteiger partial charge in [0.05, 0.1) is 12.5 Å². The number of carbonyl (C=O) groups excluding carboxylic acids is 2. The van der Waals surface area contributed by atoms with Crippen molar-refractivity contribution in [3.05, 3.63) is 111 Å². The van der Waals surface area contributed by atoms with Crippen LogP contribution in [0.15, 0.2) is 78.9 Å². The molecule has 0 aromatic heterocycles. The fourth-order valence-electron chi connectivity index (χ4n) is 5.30. The van der Waals surface area contributed by atoms with Crippen molar-refractivity contribution < 1.29 is 19.5 Å². The minimum absolute atomic E-state index is 0.0348. The predicted molar refractivity (Wildman–Crippen MR) is 162 cm³/mol. The highest BCUT2D eigenvalue weighted by molar-refractivity contribution is 6.34. The lowest BCUT2D eigenvalue weighted by Crippen LogP contribution is -2.35. The molecule has 4 aromatic carbocycles. The normalized spacial score (nSPS) is 16.5. The summed E-state index contributed by atoms with van der Waals surface area (Å²) in [5.41, 5.74) is 4.13. The van der Waals surface area contributed by atoms with Crippen LogP contribution in [0, 0.1) is 6.92 Å². The van der Waals surface area contributed by atoms with Crippen LogP contribution in [0.1, 0.15) is 51.8 Å². The zero-order valence-electron chi connectivity index (χ0n) is 22.4. The van der Waals surface area contributed by atoms with Crippen LogP contribution in [0.3, 0.4) is 0 Å². The highest BCUT2D eigenvalue weighted by atomic mass is 35.5. The fraction of sp³-hybridized carbons (Fsp3) is 0.219. The quantitative estimate of drug-likeness (QED) is 0.209. The molecule has 3 amide bonds. The van der Waals surface area contributed by atoms with Gasteiger partial charge in [-0.05, 0) is 83.8 Å². The van der Waals surface area contributed by atoms with E-state index in [1.54, 1.807) is 30.3 Å². The number of carboxylic acids is 1. The molecule has 1 saturated heterocycles. The molecule has 7 nitrogen and oxygen atoms in total. The van der Waals surface area contributed by atoms with E-state index in [2.05, 4.69) is 54.0 Å². The Morgan fingerprint density at radius 1 is 0.878 bits per heavy atom. The monoisotopic (exact) mass is 589 g/mol. The molecule has 41 heavy (non-hydrogen) atoms. The highest BCUT2D eigenvalue weighted by Crippen LogP contribution is 2.42. The summed E-state index contributed by atoms with van der Waals surface area (Å²) in [6.45, 7) is 2.58. The van der Waals surface area contributed by atoms with E-state index in [-0.39, 0.29) is 36.9 Å².